The van der Waals surface area contributed by atoms with E-state index >= 15 is 0 Å². The molecule has 3 heterocycles. The molecule has 0 aliphatic carbocycles. The number of nitrogens with zero attached hydrogens (tertiary/aromatic N) is 3. The number of hydrogen-bond acceptors (Lipinski definition) is 5. The third-order valence-corrected chi connectivity index (χ3v) is 6.39. The SMILES string of the molecule is Cn1c(-c2ccc(C3(C)N=C(C4CCCN4C(C)(C)C)NC3=O)cc2)cccc1=O.O=CO. The minimum Gasteiger partial charge on any atom is -0.483 e. The molecule has 2 N–H and O–H groups in total. The van der Waals surface area contributed by atoms with Gasteiger partial charge < -0.3 is 15.0 Å². The highest BCUT2D eigenvalue weighted by atomic mass is 16.3. The number of rotatable bonds is 3. The average molecular weight is 453 g/mol. The van der Waals surface area contributed by atoms with E-state index in [0.29, 0.717) is 0 Å². The largest absolute Gasteiger partial charge is 0.483 e. The zero-order chi connectivity index (χ0) is 24.4. The average Bonchev–Trinajstić information content (AvgIpc) is 3.37. The zero-order valence-corrected chi connectivity index (χ0v) is 19.8. The molecule has 2 aliphatic rings. The van der Waals surface area contributed by atoms with Crippen molar-refractivity contribution in [2.24, 2.45) is 12.0 Å². The number of benzene rings is 1. The molecule has 0 bridgehead atoms. The summed E-state index contributed by atoms with van der Waals surface area (Å²) in [4.78, 5) is 40.6. The molecule has 1 aromatic heterocycles. The van der Waals surface area contributed by atoms with Crippen molar-refractivity contribution in [2.45, 2.75) is 57.7 Å². The van der Waals surface area contributed by atoms with Crippen LogP contribution in [-0.4, -0.2) is 50.9 Å². The number of carbonyl (C=O) groups is 2. The quantitative estimate of drug-likeness (QED) is 0.697. The molecule has 0 saturated carbocycles. The van der Waals surface area contributed by atoms with Crippen molar-refractivity contribution in [1.29, 1.82) is 0 Å². The monoisotopic (exact) mass is 452 g/mol. The number of likely N-dealkylation sites (tertiary alicyclic amines) is 1. The van der Waals surface area contributed by atoms with Crippen molar-refractivity contribution >= 4 is 18.2 Å². The van der Waals surface area contributed by atoms with Crippen LogP contribution in [0.3, 0.4) is 0 Å². The number of nitrogens with one attached hydrogen (secondary N) is 1. The Morgan fingerprint density at radius 3 is 2.39 bits per heavy atom. The topological polar surface area (TPSA) is 104 Å². The second-order valence-electron chi connectivity index (χ2n) is 9.54. The molecular weight excluding hydrogens is 420 g/mol. The van der Waals surface area contributed by atoms with Crippen molar-refractivity contribution in [1.82, 2.24) is 14.8 Å². The first-order valence-electron chi connectivity index (χ1n) is 11.1. The zero-order valence-electron chi connectivity index (χ0n) is 19.8. The second kappa shape index (κ2) is 9.31. The van der Waals surface area contributed by atoms with Crippen LogP contribution >= 0.6 is 0 Å². The highest BCUT2D eigenvalue weighted by Crippen LogP contribution is 2.34. The fraction of sp³-hybridized carbons (Fsp3) is 0.440. The minimum absolute atomic E-state index is 0.0285. The van der Waals surface area contributed by atoms with Gasteiger partial charge in [0, 0.05) is 18.7 Å². The van der Waals surface area contributed by atoms with Crippen LogP contribution in [0, 0.1) is 0 Å². The van der Waals surface area contributed by atoms with Gasteiger partial charge >= 0.3 is 0 Å². The van der Waals surface area contributed by atoms with Crippen LogP contribution in [-0.2, 0) is 22.2 Å². The van der Waals surface area contributed by atoms with Crippen molar-refractivity contribution in [3.63, 3.8) is 0 Å². The van der Waals surface area contributed by atoms with E-state index in [1.807, 2.05) is 37.3 Å². The molecule has 33 heavy (non-hydrogen) atoms. The first-order valence-corrected chi connectivity index (χ1v) is 11.1. The van der Waals surface area contributed by atoms with Crippen LogP contribution < -0.4 is 10.9 Å². The molecule has 176 valence electrons. The Kier molecular flexibility index (Phi) is 6.88. The van der Waals surface area contributed by atoms with Crippen molar-refractivity contribution < 1.29 is 14.7 Å². The van der Waals surface area contributed by atoms with Crippen LogP contribution in [0.1, 0.15) is 46.1 Å². The molecule has 2 aliphatic heterocycles. The van der Waals surface area contributed by atoms with E-state index in [1.165, 1.54) is 0 Å². The summed E-state index contributed by atoms with van der Waals surface area (Å²) in [5.74, 6) is 0.697. The lowest BCUT2D eigenvalue weighted by molar-refractivity contribution is -0.124. The van der Waals surface area contributed by atoms with E-state index < -0.39 is 5.54 Å². The maximum absolute atomic E-state index is 13.0. The third-order valence-electron chi connectivity index (χ3n) is 6.39. The van der Waals surface area contributed by atoms with Gasteiger partial charge in [-0.15, -0.1) is 0 Å². The number of carboxylic acid groups (broad SMARTS) is 1. The van der Waals surface area contributed by atoms with E-state index in [0.717, 1.165) is 42.0 Å². The van der Waals surface area contributed by atoms with Gasteiger partial charge in [0.05, 0.1) is 11.7 Å². The fourth-order valence-electron chi connectivity index (χ4n) is 4.58. The number of carbonyl (C=O) groups excluding carboxylic acids is 1. The molecule has 8 heteroatoms. The number of hydrogen-bond donors (Lipinski definition) is 2. The van der Waals surface area contributed by atoms with E-state index in [2.05, 4.69) is 31.0 Å². The molecule has 1 saturated heterocycles. The summed E-state index contributed by atoms with van der Waals surface area (Å²) >= 11 is 0. The molecule has 1 aromatic carbocycles. The Labute approximate surface area is 194 Å². The summed E-state index contributed by atoms with van der Waals surface area (Å²) in [5, 5.41) is 9.96. The molecular formula is C25H32N4O4. The maximum atomic E-state index is 13.0. The Morgan fingerprint density at radius 2 is 1.79 bits per heavy atom. The van der Waals surface area contributed by atoms with Crippen molar-refractivity contribution in [3.05, 3.63) is 58.4 Å². The van der Waals surface area contributed by atoms with Gasteiger partial charge in [0.15, 0.2) is 5.54 Å². The van der Waals surface area contributed by atoms with Crippen LogP contribution in [0.5, 0.6) is 0 Å². The smallest absolute Gasteiger partial charge is 0.290 e. The van der Waals surface area contributed by atoms with Gasteiger partial charge in [-0.1, -0.05) is 30.3 Å². The number of aliphatic imine (C=N–C) groups is 1. The standard InChI is InChI=1S/C24H30N4O2.CH2O2/c1-23(2,3)28-15-7-9-19(28)21-25-22(30)24(4,26-21)17-13-11-16(12-14-17)18-8-6-10-20(29)27(18)5;2-1-3/h6,8,10-14,19H,7,9,15H2,1-5H3,(H,25,26,30);1H,(H,2,3). The van der Waals surface area contributed by atoms with Gasteiger partial charge in [0.25, 0.3) is 17.9 Å². The minimum atomic E-state index is -0.942. The number of amides is 1. The normalized spacial score (nSPS) is 22.9. The molecule has 0 spiro atoms. The van der Waals surface area contributed by atoms with Gasteiger partial charge in [-0.2, -0.15) is 0 Å². The number of aromatic nitrogens is 1. The summed E-state index contributed by atoms with van der Waals surface area (Å²) in [5.41, 5.74) is 1.65. The third kappa shape index (κ3) is 4.75. The molecule has 8 nitrogen and oxygen atoms in total. The van der Waals surface area contributed by atoms with Gasteiger partial charge in [-0.3, -0.25) is 19.3 Å². The molecule has 1 fully saturated rings. The van der Waals surface area contributed by atoms with Gasteiger partial charge in [0.1, 0.15) is 5.84 Å². The van der Waals surface area contributed by atoms with Gasteiger partial charge in [0.2, 0.25) is 0 Å². The Hall–Kier alpha value is -3.26. The van der Waals surface area contributed by atoms with Crippen LogP contribution in [0.4, 0.5) is 0 Å². The number of amidine groups is 1. The van der Waals surface area contributed by atoms with E-state index in [1.54, 1.807) is 23.7 Å². The summed E-state index contributed by atoms with van der Waals surface area (Å²) in [6, 6.07) is 13.1. The summed E-state index contributed by atoms with van der Waals surface area (Å²) in [6.07, 6.45) is 2.12. The van der Waals surface area contributed by atoms with E-state index in [4.69, 9.17) is 14.9 Å². The lowest BCUT2D eigenvalue weighted by Crippen LogP contribution is -2.50. The first kappa shape index (κ1) is 24.4. The Balaban J connectivity index is 0.000000968. The summed E-state index contributed by atoms with van der Waals surface area (Å²) in [7, 11) is 1.76. The molecule has 2 unspecified atom stereocenters. The van der Waals surface area contributed by atoms with Crippen molar-refractivity contribution in [3.8, 4) is 11.3 Å². The Bertz CT molecular complexity index is 1110. The highest BCUT2D eigenvalue weighted by Gasteiger charge is 2.45. The molecule has 2 aromatic rings. The number of pyridine rings is 1. The van der Waals surface area contributed by atoms with Crippen LogP contribution in [0.15, 0.2) is 52.3 Å². The highest BCUT2D eigenvalue weighted by molar-refractivity contribution is 6.10. The van der Waals surface area contributed by atoms with E-state index in [9.17, 15) is 9.59 Å². The van der Waals surface area contributed by atoms with Crippen LogP contribution in [0.25, 0.3) is 11.3 Å². The summed E-state index contributed by atoms with van der Waals surface area (Å²) < 4.78 is 1.62. The fourth-order valence-corrected chi connectivity index (χ4v) is 4.58. The maximum Gasteiger partial charge on any atom is 0.290 e. The van der Waals surface area contributed by atoms with E-state index in [-0.39, 0.29) is 29.5 Å². The lowest BCUT2D eigenvalue weighted by atomic mass is 9.91. The Morgan fingerprint density at radius 1 is 1.15 bits per heavy atom. The molecule has 4 rings (SSSR count). The van der Waals surface area contributed by atoms with Crippen molar-refractivity contribution in [2.75, 3.05) is 6.54 Å². The summed E-state index contributed by atoms with van der Waals surface area (Å²) in [6.45, 7) is 9.26. The molecule has 0 radical (unpaired) electrons. The van der Waals surface area contributed by atoms with Crippen LogP contribution in [0.2, 0.25) is 0 Å². The molecule has 1 amide bonds. The second-order valence-corrected chi connectivity index (χ2v) is 9.54. The predicted octanol–water partition coefficient (Wildman–Crippen LogP) is 2.76. The van der Waals surface area contributed by atoms with Gasteiger partial charge in [-0.05, 0) is 64.3 Å². The van der Waals surface area contributed by atoms with Gasteiger partial charge in [-0.25, -0.2) is 4.99 Å². The predicted molar refractivity (Wildman–Crippen MR) is 128 cm³/mol. The molecule has 2 atom stereocenters. The first-order chi connectivity index (χ1) is 15.5. The lowest BCUT2D eigenvalue weighted by Gasteiger charge is -2.36.